The van der Waals surface area contributed by atoms with Gasteiger partial charge in [0, 0.05) is 22.6 Å². The third-order valence-electron chi connectivity index (χ3n) is 5.41. The van der Waals surface area contributed by atoms with Gasteiger partial charge in [-0.25, -0.2) is 10.4 Å². The topological polar surface area (TPSA) is 82.0 Å². The Morgan fingerprint density at radius 1 is 0.882 bits per heavy atom. The fourth-order valence-corrected chi connectivity index (χ4v) is 3.61. The van der Waals surface area contributed by atoms with E-state index in [2.05, 4.69) is 10.5 Å². The van der Waals surface area contributed by atoms with E-state index in [4.69, 9.17) is 19.2 Å². The number of nitrogens with zero attached hydrogens (tertiary/aromatic N) is 2. The zero-order valence-corrected chi connectivity index (χ0v) is 19.5. The average molecular weight is 456 g/mol. The van der Waals surface area contributed by atoms with Crippen molar-refractivity contribution in [2.24, 2.45) is 5.10 Å². The zero-order chi connectivity index (χ0) is 24.1. The van der Waals surface area contributed by atoms with Crippen LogP contribution in [0.4, 0.5) is 0 Å². The van der Waals surface area contributed by atoms with Crippen LogP contribution in [-0.4, -0.2) is 38.4 Å². The van der Waals surface area contributed by atoms with Crippen LogP contribution in [0.1, 0.15) is 21.5 Å². The van der Waals surface area contributed by atoms with Crippen molar-refractivity contribution >= 4 is 23.0 Å². The van der Waals surface area contributed by atoms with Crippen molar-refractivity contribution in [1.82, 2.24) is 10.4 Å². The number of hydrogen-bond acceptors (Lipinski definition) is 6. The first kappa shape index (κ1) is 22.8. The van der Waals surface area contributed by atoms with E-state index in [9.17, 15) is 4.79 Å². The van der Waals surface area contributed by atoms with E-state index in [1.807, 2.05) is 55.5 Å². The first-order valence-electron chi connectivity index (χ1n) is 10.6. The van der Waals surface area contributed by atoms with E-state index in [0.29, 0.717) is 28.4 Å². The number of carbonyl (C=O) groups is 1. The van der Waals surface area contributed by atoms with Crippen molar-refractivity contribution in [3.05, 3.63) is 83.4 Å². The van der Waals surface area contributed by atoms with Crippen LogP contribution in [0.15, 0.2) is 71.8 Å². The van der Waals surface area contributed by atoms with Crippen LogP contribution < -0.4 is 19.6 Å². The number of rotatable bonds is 7. The van der Waals surface area contributed by atoms with Crippen molar-refractivity contribution in [3.63, 3.8) is 0 Å². The Hall–Kier alpha value is -4.39. The van der Waals surface area contributed by atoms with Crippen LogP contribution in [0.2, 0.25) is 0 Å². The molecule has 0 aliphatic carbocycles. The summed E-state index contributed by atoms with van der Waals surface area (Å²) in [5.74, 6) is 1.25. The molecule has 3 aromatic carbocycles. The molecule has 7 nitrogen and oxygen atoms in total. The van der Waals surface area contributed by atoms with E-state index in [0.717, 1.165) is 27.7 Å². The Morgan fingerprint density at radius 2 is 1.56 bits per heavy atom. The lowest BCUT2D eigenvalue weighted by Crippen LogP contribution is -2.18. The predicted molar refractivity (Wildman–Crippen MR) is 133 cm³/mol. The molecule has 1 N–H and O–H groups in total. The lowest BCUT2D eigenvalue weighted by atomic mass is 10.0. The van der Waals surface area contributed by atoms with E-state index < -0.39 is 0 Å². The van der Waals surface area contributed by atoms with Gasteiger partial charge in [-0.15, -0.1) is 0 Å². The van der Waals surface area contributed by atoms with Gasteiger partial charge in [-0.1, -0.05) is 48.0 Å². The SMILES string of the molecule is COc1cc(OC)c(OC)cc1/C=N/NC(=O)c1cc(-c2ccc(C)cc2)nc2ccccc12. The second-order valence-corrected chi connectivity index (χ2v) is 7.59. The molecule has 34 heavy (non-hydrogen) atoms. The summed E-state index contributed by atoms with van der Waals surface area (Å²) >= 11 is 0. The fourth-order valence-electron chi connectivity index (χ4n) is 3.61. The summed E-state index contributed by atoms with van der Waals surface area (Å²) in [6.07, 6.45) is 1.50. The van der Waals surface area contributed by atoms with Gasteiger partial charge in [0.05, 0.1) is 44.3 Å². The molecule has 0 spiro atoms. The number of pyridine rings is 1. The summed E-state index contributed by atoms with van der Waals surface area (Å²) in [5, 5.41) is 4.90. The van der Waals surface area contributed by atoms with Crippen molar-refractivity contribution in [2.75, 3.05) is 21.3 Å². The molecular weight excluding hydrogens is 430 g/mol. The summed E-state index contributed by atoms with van der Waals surface area (Å²) in [7, 11) is 4.65. The monoisotopic (exact) mass is 455 g/mol. The predicted octanol–water partition coefficient (Wildman–Crippen LogP) is 5.00. The first-order valence-corrected chi connectivity index (χ1v) is 10.6. The zero-order valence-electron chi connectivity index (χ0n) is 19.5. The largest absolute Gasteiger partial charge is 0.496 e. The van der Waals surface area contributed by atoms with Crippen molar-refractivity contribution in [3.8, 4) is 28.5 Å². The molecule has 1 heterocycles. The Labute approximate surface area is 198 Å². The number of nitrogens with one attached hydrogen (secondary N) is 1. The minimum absolute atomic E-state index is 0.345. The Kier molecular flexibility index (Phi) is 6.73. The number of aryl methyl sites for hydroxylation is 1. The molecule has 1 amide bonds. The van der Waals surface area contributed by atoms with Gasteiger partial charge in [0.25, 0.3) is 5.91 Å². The van der Waals surface area contributed by atoms with Crippen molar-refractivity contribution in [1.29, 1.82) is 0 Å². The molecular formula is C27H25N3O4. The molecule has 0 radical (unpaired) electrons. The molecule has 1 aromatic heterocycles. The quantitative estimate of drug-likeness (QED) is 0.313. The molecule has 4 rings (SSSR count). The van der Waals surface area contributed by atoms with Gasteiger partial charge in [-0.2, -0.15) is 5.10 Å². The third-order valence-corrected chi connectivity index (χ3v) is 5.41. The maximum Gasteiger partial charge on any atom is 0.272 e. The standard InChI is InChI=1S/C27H25N3O4/c1-17-9-11-18(12-10-17)23-14-21(20-7-5-6-8-22(20)29-23)27(31)30-28-16-19-13-25(33-3)26(34-4)15-24(19)32-2/h5-16H,1-4H3,(H,30,31)/b28-16+. The number of ether oxygens (including phenoxy) is 3. The average Bonchev–Trinajstić information content (AvgIpc) is 2.87. The molecule has 0 aliphatic heterocycles. The number of fused-ring (bicyclic) bond motifs is 1. The maximum absolute atomic E-state index is 13.1. The highest BCUT2D eigenvalue weighted by Crippen LogP contribution is 2.33. The van der Waals surface area contributed by atoms with Gasteiger partial charge in [0.15, 0.2) is 11.5 Å². The van der Waals surface area contributed by atoms with Crippen LogP contribution in [0.3, 0.4) is 0 Å². The summed E-state index contributed by atoms with van der Waals surface area (Å²) < 4.78 is 16.1. The fraction of sp³-hybridized carbons (Fsp3) is 0.148. The van der Waals surface area contributed by atoms with Crippen LogP contribution >= 0.6 is 0 Å². The number of hydrogen-bond donors (Lipinski definition) is 1. The number of para-hydroxylation sites is 1. The minimum Gasteiger partial charge on any atom is -0.496 e. The van der Waals surface area contributed by atoms with Crippen LogP contribution in [0, 0.1) is 6.92 Å². The summed E-state index contributed by atoms with van der Waals surface area (Å²) in [6.45, 7) is 2.03. The number of aromatic nitrogens is 1. The number of benzene rings is 3. The van der Waals surface area contributed by atoms with E-state index in [-0.39, 0.29) is 5.91 Å². The van der Waals surface area contributed by atoms with E-state index >= 15 is 0 Å². The highest BCUT2D eigenvalue weighted by molar-refractivity contribution is 6.07. The van der Waals surface area contributed by atoms with E-state index in [1.165, 1.54) is 6.21 Å². The minimum atomic E-state index is -0.345. The molecule has 0 unspecified atom stereocenters. The van der Waals surface area contributed by atoms with Crippen LogP contribution in [0.5, 0.6) is 17.2 Å². The second-order valence-electron chi connectivity index (χ2n) is 7.59. The van der Waals surface area contributed by atoms with Gasteiger partial charge in [0.2, 0.25) is 0 Å². The third kappa shape index (κ3) is 4.68. The highest BCUT2D eigenvalue weighted by atomic mass is 16.5. The van der Waals surface area contributed by atoms with Gasteiger partial charge in [-0.05, 0) is 25.1 Å². The molecule has 0 aliphatic rings. The molecule has 4 aromatic rings. The Morgan fingerprint density at radius 3 is 2.26 bits per heavy atom. The molecule has 172 valence electrons. The number of methoxy groups -OCH3 is 3. The Bertz CT molecular complexity index is 1360. The van der Waals surface area contributed by atoms with Gasteiger partial charge >= 0.3 is 0 Å². The summed E-state index contributed by atoms with van der Waals surface area (Å²) in [5.41, 5.74) is 7.27. The molecule has 7 heteroatoms. The second kappa shape index (κ2) is 10.0. The normalized spacial score (nSPS) is 10.9. The maximum atomic E-state index is 13.1. The van der Waals surface area contributed by atoms with Crippen molar-refractivity contribution < 1.29 is 19.0 Å². The highest BCUT2D eigenvalue weighted by Gasteiger charge is 2.14. The van der Waals surface area contributed by atoms with Crippen LogP contribution in [-0.2, 0) is 0 Å². The lowest BCUT2D eigenvalue weighted by molar-refractivity contribution is 0.0956. The summed E-state index contributed by atoms with van der Waals surface area (Å²) in [6, 6.07) is 20.8. The molecule has 0 atom stereocenters. The first-order chi connectivity index (χ1) is 16.5. The molecule has 0 saturated heterocycles. The molecule has 0 saturated carbocycles. The lowest BCUT2D eigenvalue weighted by Gasteiger charge is -2.12. The number of hydrazone groups is 1. The smallest absolute Gasteiger partial charge is 0.272 e. The molecule has 0 bridgehead atoms. The van der Waals surface area contributed by atoms with Gasteiger partial charge in [0.1, 0.15) is 5.75 Å². The number of carbonyl (C=O) groups excluding carboxylic acids is 1. The van der Waals surface area contributed by atoms with Gasteiger partial charge in [-0.3, -0.25) is 4.79 Å². The van der Waals surface area contributed by atoms with Gasteiger partial charge < -0.3 is 14.2 Å². The Balaban J connectivity index is 1.66. The van der Waals surface area contributed by atoms with Crippen molar-refractivity contribution in [2.45, 2.75) is 6.92 Å². The molecule has 0 fully saturated rings. The summed E-state index contributed by atoms with van der Waals surface area (Å²) in [4.78, 5) is 17.9. The van der Waals surface area contributed by atoms with E-state index in [1.54, 1.807) is 39.5 Å². The van der Waals surface area contributed by atoms with Crippen LogP contribution in [0.25, 0.3) is 22.2 Å². The number of amides is 1.